The lowest BCUT2D eigenvalue weighted by Crippen LogP contribution is -2.30. The van der Waals surface area contributed by atoms with Gasteiger partial charge < -0.3 is 15.5 Å². The molecule has 0 heterocycles. The number of halogens is 1. The third-order valence-corrected chi connectivity index (χ3v) is 4.22. The first kappa shape index (κ1) is 18.4. The summed E-state index contributed by atoms with van der Waals surface area (Å²) in [5.41, 5.74) is 2.41. The molecule has 1 amide bonds. The van der Waals surface area contributed by atoms with Crippen molar-refractivity contribution in [3.63, 3.8) is 0 Å². The molecule has 2 rings (SSSR count). The first-order chi connectivity index (χ1) is 11.5. The van der Waals surface area contributed by atoms with Gasteiger partial charge >= 0.3 is 0 Å². The Hall–Kier alpha value is -1.92. The Morgan fingerprint density at radius 1 is 1.04 bits per heavy atom. The summed E-state index contributed by atoms with van der Waals surface area (Å²) < 4.78 is 0.981. The molecule has 0 bridgehead atoms. The average Bonchev–Trinajstić information content (AvgIpc) is 2.56. The van der Waals surface area contributed by atoms with Crippen LogP contribution in [0.15, 0.2) is 53.0 Å². The van der Waals surface area contributed by atoms with Crippen LogP contribution >= 0.6 is 28.1 Å². The number of hydrogen-bond donors (Lipinski definition) is 2. The summed E-state index contributed by atoms with van der Waals surface area (Å²) in [6.45, 7) is 5.36. The number of benzene rings is 2. The fourth-order valence-electron chi connectivity index (χ4n) is 2.25. The van der Waals surface area contributed by atoms with Crippen molar-refractivity contribution >= 4 is 50.5 Å². The smallest absolute Gasteiger partial charge is 0.253 e. The standard InChI is InChI=1S/C18H20BrN3OS/c1-3-22(4-2)17(23)13-8-10-15(11-9-13)20-18(24)21-16-7-5-6-14(19)12-16/h5-12H,3-4H2,1-2H3,(H2,20,21,24). The third-order valence-electron chi connectivity index (χ3n) is 3.52. The predicted molar refractivity (Wildman–Crippen MR) is 108 cm³/mol. The Morgan fingerprint density at radius 2 is 1.67 bits per heavy atom. The normalized spacial score (nSPS) is 10.1. The number of nitrogens with zero attached hydrogens (tertiary/aromatic N) is 1. The summed E-state index contributed by atoms with van der Waals surface area (Å²) in [6, 6.07) is 15.1. The van der Waals surface area contributed by atoms with Crippen molar-refractivity contribution in [2.24, 2.45) is 0 Å². The predicted octanol–water partition coefficient (Wildman–Crippen LogP) is 4.74. The molecule has 126 valence electrons. The number of hydrogen-bond acceptors (Lipinski definition) is 2. The Bertz CT molecular complexity index is 714. The van der Waals surface area contributed by atoms with Gasteiger partial charge in [-0.05, 0) is 68.5 Å². The summed E-state index contributed by atoms with van der Waals surface area (Å²) >= 11 is 8.74. The second-order valence-electron chi connectivity index (χ2n) is 5.14. The fraction of sp³-hybridized carbons (Fsp3) is 0.222. The van der Waals surface area contributed by atoms with E-state index in [1.54, 1.807) is 4.90 Å². The van der Waals surface area contributed by atoms with Crippen molar-refractivity contribution in [1.82, 2.24) is 4.90 Å². The highest BCUT2D eigenvalue weighted by Gasteiger charge is 2.12. The topological polar surface area (TPSA) is 44.4 Å². The summed E-state index contributed by atoms with van der Waals surface area (Å²) in [5.74, 6) is 0.0430. The van der Waals surface area contributed by atoms with E-state index in [-0.39, 0.29) is 5.91 Å². The van der Waals surface area contributed by atoms with Crippen molar-refractivity contribution < 1.29 is 4.79 Å². The van der Waals surface area contributed by atoms with Gasteiger partial charge in [-0.3, -0.25) is 4.79 Å². The molecular weight excluding hydrogens is 386 g/mol. The lowest BCUT2D eigenvalue weighted by atomic mass is 10.2. The summed E-state index contributed by atoms with van der Waals surface area (Å²) in [6.07, 6.45) is 0. The van der Waals surface area contributed by atoms with E-state index >= 15 is 0 Å². The quantitative estimate of drug-likeness (QED) is 0.704. The highest BCUT2D eigenvalue weighted by molar-refractivity contribution is 9.10. The number of rotatable bonds is 5. The van der Waals surface area contributed by atoms with Crippen LogP contribution in [0.4, 0.5) is 11.4 Å². The molecule has 0 fully saturated rings. The zero-order chi connectivity index (χ0) is 17.5. The minimum absolute atomic E-state index is 0.0430. The Labute approximate surface area is 156 Å². The van der Waals surface area contributed by atoms with E-state index in [0.717, 1.165) is 15.8 Å². The number of nitrogens with one attached hydrogen (secondary N) is 2. The highest BCUT2D eigenvalue weighted by Crippen LogP contribution is 2.17. The van der Waals surface area contributed by atoms with Crippen LogP contribution in [-0.4, -0.2) is 29.0 Å². The summed E-state index contributed by atoms with van der Waals surface area (Å²) in [5, 5.41) is 6.73. The molecule has 2 N–H and O–H groups in total. The van der Waals surface area contributed by atoms with Gasteiger partial charge in [0, 0.05) is 34.5 Å². The number of anilines is 2. The molecule has 0 saturated carbocycles. The molecule has 2 aromatic carbocycles. The van der Waals surface area contributed by atoms with E-state index in [9.17, 15) is 4.79 Å². The lowest BCUT2D eigenvalue weighted by Gasteiger charge is -2.18. The van der Waals surface area contributed by atoms with E-state index < -0.39 is 0 Å². The molecule has 0 aliphatic carbocycles. The SMILES string of the molecule is CCN(CC)C(=O)c1ccc(NC(=S)Nc2cccc(Br)c2)cc1. The van der Waals surface area contributed by atoms with Crippen molar-refractivity contribution in [3.05, 3.63) is 58.6 Å². The van der Waals surface area contributed by atoms with E-state index in [1.807, 2.05) is 62.4 Å². The maximum Gasteiger partial charge on any atom is 0.253 e. The van der Waals surface area contributed by atoms with Crippen LogP contribution in [-0.2, 0) is 0 Å². The zero-order valence-electron chi connectivity index (χ0n) is 13.7. The van der Waals surface area contributed by atoms with Crippen LogP contribution in [0.2, 0.25) is 0 Å². The van der Waals surface area contributed by atoms with E-state index in [1.165, 1.54) is 0 Å². The maximum atomic E-state index is 12.3. The largest absolute Gasteiger partial charge is 0.339 e. The molecule has 0 saturated heterocycles. The zero-order valence-corrected chi connectivity index (χ0v) is 16.1. The van der Waals surface area contributed by atoms with Gasteiger partial charge in [-0.25, -0.2) is 0 Å². The first-order valence-corrected chi connectivity index (χ1v) is 8.96. The second-order valence-corrected chi connectivity index (χ2v) is 6.47. The molecule has 2 aromatic rings. The Kier molecular flexibility index (Phi) is 6.75. The van der Waals surface area contributed by atoms with Gasteiger partial charge in [-0.15, -0.1) is 0 Å². The molecule has 24 heavy (non-hydrogen) atoms. The molecule has 0 unspecified atom stereocenters. The maximum absolute atomic E-state index is 12.3. The van der Waals surface area contributed by atoms with Crippen LogP contribution in [0.1, 0.15) is 24.2 Å². The van der Waals surface area contributed by atoms with Crippen LogP contribution in [0.5, 0.6) is 0 Å². The molecule has 4 nitrogen and oxygen atoms in total. The molecule has 0 aromatic heterocycles. The van der Waals surface area contributed by atoms with Crippen molar-refractivity contribution in [2.45, 2.75) is 13.8 Å². The number of carbonyl (C=O) groups excluding carboxylic acids is 1. The van der Waals surface area contributed by atoms with Crippen LogP contribution < -0.4 is 10.6 Å². The van der Waals surface area contributed by atoms with Crippen LogP contribution in [0.3, 0.4) is 0 Å². The first-order valence-electron chi connectivity index (χ1n) is 7.76. The van der Waals surface area contributed by atoms with Crippen molar-refractivity contribution in [2.75, 3.05) is 23.7 Å². The van der Waals surface area contributed by atoms with Gasteiger partial charge in [-0.1, -0.05) is 22.0 Å². The van der Waals surface area contributed by atoms with Gasteiger partial charge in [0.2, 0.25) is 0 Å². The summed E-state index contributed by atoms with van der Waals surface area (Å²) in [4.78, 5) is 14.1. The van der Waals surface area contributed by atoms with Gasteiger partial charge in [0.1, 0.15) is 0 Å². The molecule has 0 aliphatic rings. The lowest BCUT2D eigenvalue weighted by molar-refractivity contribution is 0.0773. The molecule has 0 atom stereocenters. The molecular formula is C18H20BrN3OS. The second kappa shape index (κ2) is 8.80. The van der Waals surface area contributed by atoms with Crippen molar-refractivity contribution in [3.8, 4) is 0 Å². The van der Waals surface area contributed by atoms with E-state index in [4.69, 9.17) is 12.2 Å². The Balaban J connectivity index is 1.98. The van der Waals surface area contributed by atoms with Gasteiger partial charge in [-0.2, -0.15) is 0 Å². The molecule has 6 heteroatoms. The number of carbonyl (C=O) groups is 1. The molecule has 0 radical (unpaired) electrons. The van der Waals surface area contributed by atoms with Gasteiger partial charge in [0.15, 0.2) is 5.11 Å². The monoisotopic (exact) mass is 405 g/mol. The molecule has 0 aliphatic heterocycles. The Morgan fingerprint density at radius 3 is 2.25 bits per heavy atom. The highest BCUT2D eigenvalue weighted by atomic mass is 79.9. The third kappa shape index (κ3) is 5.04. The molecule has 0 spiro atoms. The van der Waals surface area contributed by atoms with Crippen LogP contribution in [0, 0.1) is 0 Å². The minimum atomic E-state index is 0.0430. The van der Waals surface area contributed by atoms with E-state index in [0.29, 0.717) is 23.8 Å². The fourth-order valence-corrected chi connectivity index (χ4v) is 2.88. The van der Waals surface area contributed by atoms with Gasteiger partial charge in [0.25, 0.3) is 5.91 Å². The van der Waals surface area contributed by atoms with E-state index in [2.05, 4.69) is 26.6 Å². The number of thiocarbonyl (C=S) groups is 1. The number of amides is 1. The summed E-state index contributed by atoms with van der Waals surface area (Å²) in [7, 11) is 0. The average molecular weight is 406 g/mol. The van der Waals surface area contributed by atoms with Gasteiger partial charge in [0.05, 0.1) is 0 Å². The minimum Gasteiger partial charge on any atom is -0.339 e. The van der Waals surface area contributed by atoms with Crippen LogP contribution in [0.25, 0.3) is 0 Å². The van der Waals surface area contributed by atoms with Crippen molar-refractivity contribution in [1.29, 1.82) is 0 Å².